The number of carbonyl (C=O) groups is 2. The van der Waals surface area contributed by atoms with Crippen molar-refractivity contribution in [1.29, 1.82) is 0 Å². The van der Waals surface area contributed by atoms with Crippen LogP contribution in [0.5, 0.6) is 0 Å². The van der Waals surface area contributed by atoms with Crippen LogP contribution in [-0.2, 0) is 4.79 Å². The number of ketones is 1. The summed E-state index contributed by atoms with van der Waals surface area (Å²) in [5.74, 6) is -0.871. The highest BCUT2D eigenvalue weighted by atomic mass is 35.5. The predicted octanol–water partition coefficient (Wildman–Crippen LogP) is 3.76. The van der Waals surface area contributed by atoms with Crippen molar-refractivity contribution in [2.24, 2.45) is 0 Å². The van der Waals surface area contributed by atoms with E-state index in [1.54, 1.807) is 42.5 Å². The topological polar surface area (TPSA) is 82.2 Å². The van der Waals surface area contributed by atoms with Gasteiger partial charge < -0.3 is 15.4 Å². The van der Waals surface area contributed by atoms with Crippen molar-refractivity contribution in [1.82, 2.24) is 4.98 Å². The SMILES string of the molecule is CC(C)(O)C(=O)Nc1c(C(=O)c2ccccc2)[nH]c2cc(Cl)ccc12. The normalized spacial score (nSPS) is 11.5. The van der Waals surface area contributed by atoms with E-state index in [1.165, 1.54) is 13.8 Å². The summed E-state index contributed by atoms with van der Waals surface area (Å²) in [5, 5.41) is 13.7. The highest BCUT2D eigenvalue weighted by Gasteiger charge is 2.27. The third kappa shape index (κ3) is 3.43. The lowest BCUT2D eigenvalue weighted by Gasteiger charge is -2.17. The number of hydrogen-bond acceptors (Lipinski definition) is 3. The highest BCUT2D eigenvalue weighted by Crippen LogP contribution is 2.31. The number of aromatic nitrogens is 1. The minimum Gasteiger partial charge on any atom is -0.381 e. The first kappa shape index (κ1) is 17.2. The molecule has 1 amide bonds. The molecule has 1 heterocycles. The average molecular weight is 357 g/mol. The maximum atomic E-state index is 12.9. The number of rotatable bonds is 4. The Labute approximate surface area is 149 Å². The van der Waals surface area contributed by atoms with Crippen molar-refractivity contribution in [2.45, 2.75) is 19.4 Å². The van der Waals surface area contributed by atoms with Crippen molar-refractivity contribution >= 4 is 39.9 Å². The molecule has 3 rings (SSSR count). The number of halogens is 1. The number of carbonyl (C=O) groups excluding carboxylic acids is 2. The van der Waals surface area contributed by atoms with Gasteiger partial charge in [-0.1, -0.05) is 41.9 Å². The van der Waals surface area contributed by atoms with Crippen LogP contribution in [0.2, 0.25) is 5.02 Å². The molecule has 25 heavy (non-hydrogen) atoms. The Morgan fingerprint density at radius 1 is 1.12 bits per heavy atom. The molecular weight excluding hydrogens is 340 g/mol. The molecule has 0 unspecified atom stereocenters. The molecule has 0 atom stereocenters. The third-order valence-corrected chi connectivity index (χ3v) is 4.05. The van der Waals surface area contributed by atoms with Gasteiger partial charge in [-0.2, -0.15) is 0 Å². The van der Waals surface area contributed by atoms with Gasteiger partial charge in [0.15, 0.2) is 0 Å². The fraction of sp³-hybridized carbons (Fsp3) is 0.158. The number of fused-ring (bicyclic) bond motifs is 1. The summed E-state index contributed by atoms with van der Waals surface area (Å²) < 4.78 is 0. The second kappa shape index (κ2) is 6.35. The Morgan fingerprint density at radius 2 is 1.80 bits per heavy atom. The molecule has 0 fully saturated rings. The van der Waals surface area contributed by atoms with Gasteiger partial charge in [0.05, 0.1) is 5.69 Å². The summed E-state index contributed by atoms with van der Waals surface area (Å²) in [4.78, 5) is 28.1. The van der Waals surface area contributed by atoms with Crippen molar-refractivity contribution in [3.63, 3.8) is 0 Å². The second-order valence-electron chi connectivity index (χ2n) is 6.27. The van der Waals surface area contributed by atoms with Crippen molar-refractivity contribution in [3.05, 3.63) is 64.8 Å². The van der Waals surface area contributed by atoms with E-state index in [0.29, 0.717) is 27.2 Å². The quantitative estimate of drug-likeness (QED) is 0.622. The van der Waals surface area contributed by atoms with E-state index in [4.69, 9.17) is 11.6 Å². The van der Waals surface area contributed by atoms with Gasteiger partial charge in [-0.25, -0.2) is 0 Å². The molecule has 0 radical (unpaired) electrons. The standard InChI is InChI=1S/C19H17ClN2O3/c1-19(2,25)18(24)22-15-13-9-8-12(20)10-14(13)21-16(15)17(23)11-6-4-3-5-7-11/h3-10,21,25H,1-2H3,(H,22,24). The van der Waals surface area contributed by atoms with Crippen LogP contribution in [0.25, 0.3) is 10.9 Å². The number of aromatic amines is 1. The van der Waals surface area contributed by atoms with Gasteiger partial charge in [0.2, 0.25) is 5.78 Å². The maximum Gasteiger partial charge on any atom is 0.255 e. The maximum absolute atomic E-state index is 12.9. The number of aliphatic hydroxyl groups is 1. The summed E-state index contributed by atoms with van der Waals surface area (Å²) in [5.41, 5.74) is 0.0914. The Kier molecular flexibility index (Phi) is 4.37. The summed E-state index contributed by atoms with van der Waals surface area (Å²) in [6.07, 6.45) is 0. The number of benzene rings is 2. The summed E-state index contributed by atoms with van der Waals surface area (Å²) >= 11 is 6.02. The van der Waals surface area contributed by atoms with Gasteiger partial charge in [-0.3, -0.25) is 9.59 Å². The Morgan fingerprint density at radius 3 is 2.44 bits per heavy atom. The molecule has 0 saturated heterocycles. The van der Waals surface area contributed by atoms with Crippen LogP contribution < -0.4 is 5.32 Å². The summed E-state index contributed by atoms with van der Waals surface area (Å²) in [6.45, 7) is 2.76. The molecule has 0 saturated carbocycles. The molecule has 6 heteroatoms. The summed E-state index contributed by atoms with van der Waals surface area (Å²) in [6, 6.07) is 13.8. The first-order valence-electron chi connectivity index (χ1n) is 7.72. The first-order valence-corrected chi connectivity index (χ1v) is 8.10. The molecule has 5 nitrogen and oxygen atoms in total. The molecular formula is C19H17ClN2O3. The zero-order valence-corrected chi connectivity index (χ0v) is 14.5. The highest BCUT2D eigenvalue weighted by molar-refractivity contribution is 6.31. The molecule has 2 aromatic carbocycles. The van der Waals surface area contributed by atoms with Crippen LogP contribution in [0.3, 0.4) is 0 Å². The lowest BCUT2D eigenvalue weighted by Crippen LogP contribution is -2.37. The Hall–Kier alpha value is -2.63. The molecule has 0 spiro atoms. The molecule has 128 valence electrons. The van der Waals surface area contributed by atoms with Crippen molar-refractivity contribution < 1.29 is 14.7 Å². The van der Waals surface area contributed by atoms with Crippen LogP contribution >= 0.6 is 11.6 Å². The van der Waals surface area contributed by atoms with Gasteiger partial charge in [0.25, 0.3) is 5.91 Å². The van der Waals surface area contributed by atoms with E-state index in [2.05, 4.69) is 10.3 Å². The lowest BCUT2D eigenvalue weighted by atomic mass is 10.1. The Balaban J connectivity index is 2.15. The largest absolute Gasteiger partial charge is 0.381 e. The van der Waals surface area contributed by atoms with Crippen LogP contribution in [-0.4, -0.2) is 27.4 Å². The van der Waals surface area contributed by atoms with Crippen molar-refractivity contribution in [3.8, 4) is 0 Å². The monoisotopic (exact) mass is 356 g/mol. The van der Waals surface area contributed by atoms with E-state index < -0.39 is 11.5 Å². The van der Waals surface area contributed by atoms with Crippen LogP contribution in [0.4, 0.5) is 5.69 Å². The number of amides is 1. The zero-order chi connectivity index (χ0) is 18.2. The van der Waals surface area contributed by atoms with Gasteiger partial charge in [-0.05, 0) is 32.0 Å². The van der Waals surface area contributed by atoms with E-state index in [-0.39, 0.29) is 11.5 Å². The molecule has 0 aliphatic rings. The van der Waals surface area contributed by atoms with Crippen LogP contribution in [0, 0.1) is 0 Å². The Bertz CT molecular complexity index is 956. The molecule has 1 aromatic heterocycles. The van der Waals surface area contributed by atoms with Gasteiger partial charge in [0.1, 0.15) is 11.3 Å². The van der Waals surface area contributed by atoms with E-state index in [1.807, 2.05) is 6.07 Å². The fourth-order valence-corrected chi connectivity index (χ4v) is 2.64. The second-order valence-corrected chi connectivity index (χ2v) is 6.71. The van der Waals surface area contributed by atoms with Gasteiger partial charge in [-0.15, -0.1) is 0 Å². The zero-order valence-electron chi connectivity index (χ0n) is 13.8. The smallest absolute Gasteiger partial charge is 0.255 e. The first-order chi connectivity index (χ1) is 11.8. The lowest BCUT2D eigenvalue weighted by molar-refractivity contribution is -0.130. The average Bonchev–Trinajstić information content (AvgIpc) is 2.91. The van der Waals surface area contributed by atoms with Crippen LogP contribution in [0.15, 0.2) is 48.5 Å². The van der Waals surface area contributed by atoms with Gasteiger partial charge in [0, 0.05) is 21.5 Å². The van der Waals surface area contributed by atoms with E-state index in [9.17, 15) is 14.7 Å². The number of H-pyrrole nitrogens is 1. The number of anilines is 1. The third-order valence-electron chi connectivity index (χ3n) is 3.82. The molecule has 0 aliphatic heterocycles. The van der Waals surface area contributed by atoms with Gasteiger partial charge >= 0.3 is 0 Å². The predicted molar refractivity (Wildman–Crippen MR) is 98.1 cm³/mol. The number of nitrogens with one attached hydrogen (secondary N) is 2. The van der Waals surface area contributed by atoms with Crippen molar-refractivity contribution in [2.75, 3.05) is 5.32 Å². The molecule has 3 aromatic rings. The van der Waals surface area contributed by atoms with E-state index in [0.717, 1.165) is 0 Å². The number of hydrogen-bond donors (Lipinski definition) is 3. The molecule has 0 aliphatic carbocycles. The van der Waals surface area contributed by atoms with E-state index >= 15 is 0 Å². The van der Waals surface area contributed by atoms with Crippen LogP contribution in [0.1, 0.15) is 29.9 Å². The minimum absolute atomic E-state index is 0.237. The molecule has 0 bridgehead atoms. The minimum atomic E-state index is -1.58. The molecule has 3 N–H and O–H groups in total. The summed E-state index contributed by atoms with van der Waals surface area (Å²) in [7, 11) is 0. The fourth-order valence-electron chi connectivity index (χ4n) is 2.47.